The zero-order valence-electron chi connectivity index (χ0n) is 11.8. The normalized spacial score (nSPS) is 15.4. The molecule has 1 aromatic heterocycles. The van der Waals surface area contributed by atoms with Gasteiger partial charge in [0.25, 0.3) is 0 Å². The molecule has 20 heavy (non-hydrogen) atoms. The second-order valence-corrected chi connectivity index (χ2v) is 5.39. The van der Waals surface area contributed by atoms with Crippen molar-refractivity contribution < 1.29 is 4.39 Å². The zero-order chi connectivity index (χ0) is 13.9. The number of benzene rings is 1. The van der Waals surface area contributed by atoms with E-state index >= 15 is 0 Å². The molecule has 0 radical (unpaired) electrons. The number of nitrogens with zero attached hydrogens (tertiary/aromatic N) is 2. The molecule has 0 atom stereocenters. The largest absolute Gasteiger partial charge is 0.357 e. The summed E-state index contributed by atoms with van der Waals surface area (Å²) >= 11 is 0. The van der Waals surface area contributed by atoms with Gasteiger partial charge < -0.3 is 4.90 Å². The number of aryl methyl sites for hydroxylation is 1. The molecule has 0 amide bonds. The van der Waals surface area contributed by atoms with Crippen molar-refractivity contribution in [2.75, 3.05) is 18.0 Å². The van der Waals surface area contributed by atoms with Crippen molar-refractivity contribution in [3.8, 4) is 11.3 Å². The maximum atomic E-state index is 13.4. The van der Waals surface area contributed by atoms with Crippen LogP contribution in [0.15, 0.2) is 36.4 Å². The summed E-state index contributed by atoms with van der Waals surface area (Å²) in [6.07, 6.45) is 3.79. The average molecular weight is 270 g/mol. The Morgan fingerprint density at radius 1 is 1.05 bits per heavy atom. The average Bonchev–Trinajstić information content (AvgIpc) is 2.51. The summed E-state index contributed by atoms with van der Waals surface area (Å²) in [4.78, 5) is 7.08. The van der Waals surface area contributed by atoms with Crippen LogP contribution < -0.4 is 4.90 Å². The molecule has 3 heteroatoms. The molecule has 1 aromatic carbocycles. The standard InChI is InChI=1S/C17H19FN2/c1-13-12-14(8-9-15(13)18)16-6-5-7-17(19-16)20-10-3-2-4-11-20/h5-9,12H,2-4,10-11H2,1H3. The molecule has 1 aliphatic heterocycles. The van der Waals surface area contributed by atoms with Crippen molar-refractivity contribution in [2.45, 2.75) is 26.2 Å². The third-order valence-electron chi connectivity index (χ3n) is 3.87. The molecule has 1 saturated heterocycles. The molecule has 0 saturated carbocycles. The van der Waals surface area contributed by atoms with E-state index in [1.54, 1.807) is 13.0 Å². The van der Waals surface area contributed by atoms with Gasteiger partial charge in [-0.25, -0.2) is 9.37 Å². The summed E-state index contributed by atoms with van der Waals surface area (Å²) in [5.41, 5.74) is 2.55. The lowest BCUT2D eigenvalue weighted by atomic mass is 10.1. The molecule has 104 valence electrons. The van der Waals surface area contributed by atoms with Crippen LogP contribution in [-0.4, -0.2) is 18.1 Å². The molecule has 2 aromatic rings. The fourth-order valence-corrected chi connectivity index (χ4v) is 2.69. The fraction of sp³-hybridized carbons (Fsp3) is 0.353. The van der Waals surface area contributed by atoms with Gasteiger partial charge in [0.15, 0.2) is 0 Å². The second kappa shape index (κ2) is 5.61. The van der Waals surface area contributed by atoms with Gasteiger partial charge in [0.2, 0.25) is 0 Å². The van der Waals surface area contributed by atoms with Gasteiger partial charge in [0, 0.05) is 18.7 Å². The van der Waals surface area contributed by atoms with Crippen molar-refractivity contribution in [3.63, 3.8) is 0 Å². The van der Waals surface area contributed by atoms with Crippen LogP contribution in [0.5, 0.6) is 0 Å². The van der Waals surface area contributed by atoms with E-state index in [9.17, 15) is 4.39 Å². The maximum Gasteiger partial charge on any atom is 0.129 e. The Morgan fingerprint density at radius 2 is 1.85 bits per heavy atom. The minimum Gasteiger partial charge on any atom is -0.357 e. The van der Waals surface area contributed by atoms with E-state index in [0.29, 0.717) is 5.56 Å². The molecule has 0 unspecified atom stereocenters. The molecule has 0 aliphatic carbocycles. The number of rotatable bonds is 2. The van der Waals surface area contributed by atoms with Gasteiger partial charge in [-0.2, -0.15) is 0 Å². The highest BCUT2D eigenvalue weighted by atomic mass is 19.1. The summed E-state index contributed by atoms with van der Waals surface area (Å²) in [5.74, 6) is 0.866. The summed E-state index contributed by atoms with van der Waals surface area (Å²) in [6.45, 7) is 3.95. The monoisotopic (exact) mass is 270 g/mol. The number of anilines is 1. The smallest absolute Gasteiger partial charge is 0.129 e. The lowest BCUT2D eigenvalue weighted by Gasteiger charge is -2.28. The number of hydrogen-bond donors (Lipinski definition) is 0. The van der Waals surface area contributed by atoms with Crippen LogP contribution in [0.25, 0.3) is 11.3 Å². The highest BCUT2D eigenvalue weighted by molar-refractivity contribution is 5.62. The number of aromatic nitrogens is 1. The van der Waals surface area contributed by atoms with Crippen LogP contribution in [-0.2, 0) is 0 Å². The highest BCUT2D eigenvalue weighted by Gasteiger charge is 2.12. The van der Waals surface area contributed by atoms with Gasteiger partial charge in [-0.15, -0.1) is 0 Å². The first-order chi connectivity index (χ1) is 9.74. The summed E-state index contributed by atoms with van der Waals surface area (Å²) in [6, 6.07) is 11.2. The molecule has 3 rings (SSSR count). The summed E-state index contributed by atoms with van der Waals surface area (Å²) < 4.78 is 13.4. The van der Waals surface area contributed by atoms with E-state index in [4.69, 9.17) is 4.98 Å². The van der Waals surface area contributed by atoms with Gasteiger partial charge in [-0.05, 0) is 62.1 Å². The van der Waals surface area contributed by atoms with Crippen LogP contribution in [0, 0.1) is 12.7 Å². The van der Waals surface area contributed by atoms with Crippen molar-refractivity contribution in [2.24, 2.45) is 0 Å². The van der Waals surface area contributed by atoms with E-state index in [1.807, 2.05) is 18.2 Å². The molecular formula is C17H19FN2. The van der Waals surface area contributed by atoms with Crippen LogP contribution in [0.4, 0.5) is 10.2 Å². The topological polar surface area (TPSA) is 16.1 Å². The lowest BCUT2D eigenvalue weighted by molar-refractivity contribution is 0.573. The Labute approximate surface area is 119 Å². The van der Waals surface area contributed by atoms with Crippen molar-refractivity contribution >= 4 is 5.82 Å². The highest BCUT2D eigenvalue weighted by Crippen LogP contribution is 2.24. The number of pyridine rings is 1. The Hall–Kier alpha value is -1.90. The quantitative estimate of drug-likeness (QED) is 0.813. The summed E-state index contributed by atoms with van der Waals surface area (Å²) in [5, 5.41) is 0. The van der Waals surface area contributed by atoms with Gasteiger partial charge >= 0.3 is 0 Å². The van der Waals surface area contributed by atoms with E-state index in [-0.39, 0.29) is 5.82 Å². The first kappa shape index (κ1) is 13.1. The molecule has 1 fully saturated rings. The van der Waals surface area contributed by atoms with E-state index in [2.05, 4.69) is 11.0 Å². The van der Waals surface area contributed by atoms with Gasteiger partial charge in [0.1, 0.15) is 11.6 Å². The molecule has 2 heterocycles. The van der Waals surface area contributed by atoms with Gasteiger partial charge in [0.05, 0.1) is 5.69 Å². The molecule has 0 bridgehead atoms. The Bertz CT molecular complexity index is 604. The lowest BCUT2D eigenvalue weighted by Crippen LogP contribution is -2.30. The van der Waals surface area contributed by atoms with Crippen LogP contribution in [0.1, 0.15) is 24.8 Å². The van der Waals surface area contributed by atoms with Crippen LogP contribution in [0.2, 0.25) is 0 Å². The molecular weight excluding hydrogens is 251 g/mol. The molecule has 0 N–H and O–H groups in total. The minimum absolute atomic E-state index is 0.166. The van der Waals surface area contributed by atoms with E-state index in [1.165, 1.54) is 25.3 Å². The number of halogens is 1. The van der Waals surface area contributed by atoms with E-state index < -0.39 is 0 Å². The van der Waals surface area contributed by atoms with Crippen LogP contribution in [0.3, 0.4) is 0 Å². The predicted octanol–water partition coefficient (Wildman–Crippen LogP) is 4.19. The Kier molecular flexibility index (Phi) is 3.68. The minimum atomic E-state index is -0.166. The zero-order valence-corrected chi connectivity index (χ0v) is 11.8. The molecule has 0 spiro atoms. The first-order valence-electron chi connectivity index (χ1n) is 7.22. The van der Waals surface area contributed by atoms with Gasteiger partial charge in [-0.1, -0.05) is 6.07 Å². The van der Waals surface area contributed by atoms with Crippen molar-refractivity contribution in [3.05, 3.63) is 47.8 Å². The second-order valence-electron chi connectivity index (χ2n) is 5.39. The first-order valence-corrected chi connectivity index (χ1v) is 7.22. The van der Waals surface area contributed by atoms with Crippen LogP contribution >= 0.6 is 0 Å². The molecule has 2 nitrogen and oxygen atoms in total. The fourth-order valence-electron chi connectivity index (χ4n) is 2.69. The number of hydrogen-bond acceptors (Lipinski definition) is 2. The molecule has 1 aliphatic rings. The maximum absolute atomic E-state index is 13.4. The summed E-state index contributed by atoms with van der Waals surface area (Å²) in [7, 11) is 0. The van der Waals surface area contributed by atoms with Gasteiger partial charge in [-0.3, -0.25) is 0 Å². The third-order valence-corrected chi connectivity index (χ3v) is 3.87. The van der Waals surface area contributed by atoms with E-state index in [0.717, 1.165) is 30.2 Å². The number of piperidine rings is 1. The SMILES string of the molecule is Cc1cc(-c2cccc(N3CCCCC3)n2)ccc1F. The van der Waals surface area contributed by atoms with Crippen molar-refractivity contribution in [1.82, 2.24) is 4.98 Å². The Balaban J connectivity index is 1.91. The Morgan fingerprint density at radius 3 is 2.60 bits per heavy atom. The van der Waals surface area contributed by atoms with Crippen molar-refractivity contribution in [1.29, 1.82) is 0 Å². The predicted molar refractivity (Wildman–Crippen MR) is 80.4 cm³/mol. The third kappa shape index (κ3) is 2.67.